The highest BCUT2D eigenvalue weighted by Crippen LogP contribution is 2.32. The molecule has 2 aliphatic rings. The number of amides is 1. The summed E-state index contributed by atoms with van der Waals surface area (Å²) < 4.78 is 21.8. The molecule has 1 amide bonds. The molecule has 6 rings (SSSR count). The first-order chi connectivity index (χ1) is 19.3. The lowest BCUT2D eigenvalue weighted by Crippen LogP contribution is -2.64. The minimum atomic E-state index is -0.705. The predicted octanol–water partition coefficient (Wildman–Crippen LogP) is 4.12. The fraction of sp³-hybridized carbons (Fsp3) is 0.367. The van der Waals surface area contributed by atoms with E-state index in [4.69, 9.17) is 9.72 Å². The summed E-state index contributed by atoms with van der Waals surface area (Å²) in [7, 11) is 1.42. The van der Waals surface area contributed by atoms with Gasteiger partial charge in [-0.1, -0.05) is 38.1 Å². The minimum absolute atomic E-state index is 0.114. The van der Waals surface area contributed by atoms with Crippen molar-refractivity contribution in [3.63, 3.8) is 0 Å². The van der Waals surface area contributed by atoms with E-state index in [1.807, 2.05) is 16.7 Å². The zero-order valence-electron chi connectivity index (χ0n) is 22.7. The van der Waals surface area contributed by atoms with E-state index in [2.05, 4.69) is 53.0 Å². The molecule has 0 spiro atoms. The Kier molecular flexibility index (Phi) is 6.79. The maximum absolute atomic E-state index is 14.7. The Balaban J connectivity index is 1.30. The van der Waals surface area contributed by atoms with Gasteiger partial charge in [-0.25, -0.2) is 19.3 Å². The normalized spacial score (nSPS) is 19.4. The van der Waals surface area contributed by atoms with Crippen LogP contribution < -0.4 is 4.74 Å². The van der Waals surface area contributed by atoms with E-state index in [1.54, 1.807) is 11.1 Å². The monoisotopic (exact) mass is 542 g/mol. The minimum Gasteiger partial charge on any atom is -0.481 e. The molecule has 0 N–H and O–H groups in total. The average Bonchev–Trinajstić information content (AvgIpc) is 3.30. The molecule has 206 valence electrons. The number of halogens is 1. The van der Waals surface area contributed by atoms with Gasteiger partial charge in [0.2, 0.25) is 11.7 Å². The van der Waals surface area contributed by atoms with Gasteiger partial charge in [0.15, 0.2) is 11.5 Å². The Hall–Kier alpha value is -4.18. The maximum atomic E-state index is 14.7. The first-order valence-electron chi connectivity index (χ1n) is 13.5. The van der Waals surface area contributed by atoms with Crippen LogP contribution in [0.3, 0.4) is 0 Å². The smallest absolute Gasteiger partial charge is 0.276 e. The van der Waals surface area contributed by atoms with E-state index >= 15 is 0 Å². The number of nitrogens with zero attached hydrogens (tertiary/aromatic N) is 6. The molecule has 2 unspecified atom stereocenters. The highest BCUT2D eigenvalue weighted by atomic mass is 19.1. The van der Waals surface area contributed by atoms with Crippen LogP contribution in [0.25, 0.3) is 17.0 Å². The largest absolute Gasteiger partial charge is 0.481 e. The van der Waals surface area contributed by atoms with Crippen LogP contribution >= 0.6 is 0 Å². The highest BCUT2D eigenvalue weighted by Gasteiger charge is 2.44. The SMILES string of the molecule is COc1ccc(F)c(C(=O)N2C3CC(=O)CC2CN(Cc2c(-c4ccc(C(C)C)cc4)nc4ncccn24)C3)n1. The van der Waals surface area contributed by atoms with E-state index in [0.717, 1.165) is 17.0 Å². The third-order valence-corrected chi connectivity index (χ3v) is 7.84. The summed E-state index contributed by atoms with van der Waals surface area (Å²) in [6, 6.07) is 12.1. The number of carbonyl (C=O) groups excluding carboxylic acids is 2. The van der Waals surface area contributed by atoms with Crippen LogP contribution in [-0.4, -0.2) is 73.1 Å². The Morgan fingerprint density at radius 2 is 1.80 bits per heavy atom. The number of benzene rings is 1. The number of rotatable bonds is 6. The Morgan fingerprint density at radius 1 is 1.07 bits per heavy atom. The Bertz CT molecular complexity index is 1570. The van der Waals surface area contributed by atoms with E-state index in [-0.39, 0.29) is 42.3 Å². The molecule has 0 saturated carbocycles. The predicted molar refractivity (Wildman–Crippen MR) is 147 cm³/mol. The van der Waals surface area contributed by atoms with Gasteiger partial charge >= 0.3 is 0 Å². The number of piperidine rings is 1. The number of imidazole rings is 1. The highest BCUT2D eigenvalue weighted by molar-refractivity contribution is 5.95. The van der Waals surface area contributed by atoms with Crippen molar-refractivity contribution in [2.45, 2.75) is 51.2 Å². The Labute approximate surface area is 231 Å². The van der Waals surface area contributed by atoms with Gasteiger partial charge in [0.05, 0.1) is 30.6 Å². The molecule has 4 aromatic rings. The molecule has 0 aliphatic carbocycles. The quantitative estimate of drug-likeness (QED) is 0.362. The van der Waals surface area contributed by atoms with Gasteiger partial charge in [0, 0.05) is 56.5 Å². The van der Waals surface area contributed by atoms with Crippen LogP contribution in [0.15, 0.2) is 54.9 Å². The molecule has 2 bridgehead atoms. The number of pyridine rings is 1. The van der Waals surface area contributed by atoms with Crippen molar-refractivity contribution in [1.29, 1.82) is 0 Å². The molecule has 40 heavy (non-hydrogen) atoms. The topological polar surface area (TPSA) is 92.9 Å². The van der Waals surface area contributed by atoms with Crippen LogP contribution in [0, 0.1) is 5.82 Å². The molecular weight excluding hydrogens is 511 g/mol. The number of hydrogen-bond acceptors (Lipinski definition) is 7. The van der Waals surface area contributed by atoms with Gasteiger partial charge in [0.25, 0.3) is 5.91 Å². The lowest BCUT2D eigenvalue weighted by atomic mass is 9.89. The van der Waals surface area contributed by atoms with Crippen molar-refractivity contribution in [3.8, 4) is 17.1 Å². The molecule has 2 aliphatic heterocycles. The van der Waals surface area contributed by atoms with Gasteiger partial charge in [-0.15, -0.1) is 0 Å². The number of ether oxygens (including phenoxy) is 1. The summed E-state index contributed by atoms with van der Waals surface area (Å²) in [5.74, 6) is 0.109. The van der Waals surface area contributed by atoms with Gasteiger partial charge < -0.3 is 9.64 Å². The van der Waals surface area contributed by atoms with Crippen LogP contribution in [-0.2, 0) is 11.3 Å². The Morgan fingerprint density at radius 3 is 2.48 bits per heavy atom. The summed E-state index contributed by atoms with van der Waals surface area (Å²) in [6.45, 7) is 5.83. The van der Waals surface area contributed by atoms with Crippen molar-refractivity contribution < 1.29 is 18.7 Å². The number of likely N-dealkylation sites (tertiary alicyclic amines) is 1. The number of fused-ring (bicyclic) bond motifs is 3. The molecule has 10 heteroatoms. The fourth-order valence-corrected chi connectivity index (χ4v) is 5.91. The van der Waals surface area contributed by atoms with Gasteiger partial charge in [-0.2, -0.15) is 0 Å². The van der Waals surface area contributed by atoms with Crippen molar-refractivity contribution in [2.75, 3.05) is 20.2 Å². The molecule has 0 radical (unpaired) electrons. The summed E-state index contributed by atoms with van der Waals surface area (Å²) >= 11 is 0. The zero-order valence-corrected chi connectivity index (χ0v) is 22.7. The van der Waals surface area contributed by atoms with Crippen LogP contribution in [0.4, 0.5) is 4.39 Å². The molecule has 3 aromatic heterocycles. The number of carbonyl (C=O) groups is 2. The molecule has 5 heterocycles. The lowest BCUT2D eigenvalue weighted by Gasteiger charge is -2.49. The third kappa shape index (κ3) is 4.72. The average molecular weight is 543 g/mol. The number of Topliss-reactive ketones (excluding diaryl/α,β-unsaturated/α-hetero) is 1. The second kappa shape index (κ2) is 10.4. The molecule has 2 saturated heterocycles. The van der Waals surface area contributed by atoms with Crippen LogP contribution in [0.2, 0.25) is 0 Å². The second-order valence-corrected chi connectivity index (χ2v) is 10.8. The zero-order chi connectivity index (χ0) is 28.0. The first-order valence-corrected chi connectivity index (χ1v) is 13.5. The van der Waals surface area contributed by atoms with Crippen molar-refractivity contribution in [1.82, 2.24) is 29.2 Å². The van der Waals surface area contributed by atoms with Crippen molar-refractivity contribution in [2.24, 2.45) is 0 Å². The number of hydrogen-bond donors (Lipinski definition) is 0. The molecule has 1 aromatic carbocycles. The number of methoxy groups -OCH3 is 1. The van der Waals surface area contributed by atoms with Gasteiger partial charge in [-0.3, -0.25) is 18.9 Å². The molecule has 9 nitrogen and oxygen atoms in total. The maximum Gasteiger partial charge on any atom is 0.276 e. The molecule has 2 fully saturated rings. The standard InChI is InChI=1S/C30H31FN6O3/c1-18(2)19-5-7-20(8-6-19)27-25(36-12-4-11-32-30(36)34-27)17-35-15-21-13-23(38)14-22(16-35)37(21)29(39)28-24(31)9-10-26(33-28)40-3/h4-12,18,21-22H,13-17H2,1-3H3. The summed E-state index contributed by atoms with van der Waals surface area (Å²) in [5, 5.41) is 0. The molecular formula is C30H31FN6O3. The second-order valence-electron chi connectivity index (χ2n) is 10.8. The fourth-order valence-electron chi connectivity index (χ4n) is 5.91. The number of ketones is 1. The summed E-state index contributed by atoms with van der Waals surface area (Å²) in [4.78, 5) is 43.4. The van der Waals surface area contributed by atoms with Crippen LogP contribution in [0.5, 0.6) is 5.88 Å². The number of piperazine rings is 1. The van der Waals surface area contributed by atoms with Crippen molar-refractivity contribution >= 4 is 17.5 Å². The summed E-state index contributed by atoms with van der Waals surface area (Å²) in [5.41, 5.74) is 3.83. The summed E-state index contributed by atoms with van der Waals surface area (Å²) in [6.07, 6.45) is 4.13. The van der Waals surface area contributed by atoms with Crippen LogP contribution in [0.1, 0.15) is 54.4 Å². The first kappa shape index (κ1) is 26.1. The number of aromatic nitrogens is 4. The van der Waals surface area contributed by atoms with E-state index in [0.29, 0.717) is 31.3 Å². The molecule has 2 atom stereocenters. The van der Waals surface area contributed by atoms with Crippen molar-refractivity contribution in [3.05, 3.63) is 77.6 Å². The van der Waals surface area contributed by atoms with Gasteiger partial charge in [0.1, 0.15) is 5.78 Å². The van der Waals surface area contributed by atoms with E-state index in [1.165, 1.54) is 24.8 Å². The lowest BCUT2D eigenvalue weighted by molar-refractivity contribution is -0.127. The third-order valence-electron chi connectivity index (χ3n) is 7.84. The van der Waals surface area contributed by atoms with E-state index < -0.39 is 11.7 Å². The van der Waals surface area contributed by atoms with Gasteiger partial charge in [-0.05, 0) is 23.6 Å². The van der Waals surface area contributed by atoms with E-state index in [9.17, 15) is 14.0 Å².